The van der Waals surface area contributed by atoms with E-state index in [1.165, 1.54) is 6.07 Å². The lowest BCUT2D eigenvalue weighted by atomic mass is 10.1. The highest BCUT2D eigenvalue weighted by atomic mass is 35.5. The minimum absolute atomic E-state index is 0.108. The van der Waals surface area contributed by atoms with Gasteiger partial charge in [-0.25, -0.2) is 0 Å². The zero-order valence-corrected chi connectivity index (χ0v) is 12.6. The zero-order chi connectivity index (χ0) is 16.3. The molecule has 1 aliphatic rings. The Hall–Kier alpha value is -1.74. The molecule has 0 saturated carbocycles. The number of hydrogen-bond acceptors (Lipinski definition) is 5. The normalized spacial score (nSPS) is 17.3. The Bertz CT molecular complexity index is 662. The minimum Gasteiger partial charge on any atom is -0.495 e. The Morgan fingerprint density at radius 1 is 1.45 bits per heavy atom. The number of halogens is 4. The van der Waals surface area contributed by atoms with Gasteiger partial charge in [0.05, 0.1) is 29.7 Å². The molecule has 118 valence electrons. The summed E-state index contributed by atoms with van der Waals surface area (Å²) in [6, 6.07) is 2.13. The summed E-state index contributed by atoms with van der Waals surface area (Å²) in [5, 5.41) is 9.88. The molecule has 0 atom stereocenters. The molecule has 1 fully saturated rings. The van der Waals surface area contributed by atoms with Crippen molar-refractivity contribution in [2.45, 2.75) is 6.18 Å². The maximum Gasteiger partial charge on any atom is 0.420 e. The quantitative estimate of drug-likeness (QED) is 0.672. The van der Waals surface area contributed by atoms with Gasteiger partial charge in [0.2, 0.25) is 5.91 Å². The van der Waals surface area contributed by atoms with Gasteiger partial charge in [-0.3, -0.25) is 4.79 Å². The fourth-order valence-electron chi connectivity index (χ4n) is 1.63. The summed E-state index contributed by atoms with van der Waals surface area (Å²) in [4.78, 5) is 10.9. The van der Waals surface area contributed by atoms with E-state index < -0.39 is 17.5 Å². The van der Waals surface area contributed by atoms with E-state index in [1.807, 2.05) is 0 Å². The lowest BCUT2D eigenvalue weighted by molar-refractivity contribution is -0.138. The highest BCUT2D eigenvalue weighted by molar-refractivity contribution is 8.15. The molecule has 0 aliphatic carbocycles. The van der Waals surface area contributed by atoms with Crippen molar-refractivity contribution in [2.75, 3.05) is 12.9 Å². The molecule has 0 spiro atoms. The second kappa shape index (κ2) is 6.57. The third-order valence-corrected chi connectivity index (χ3v) is 3.66. The molecule has 1 amide bonds. The first-order chi connectivity index (χ1) is 10.3. The molecule has 1 aromatic carbocycles. The van der Waals surface area contributed by atoms with E-state index in [2.05, 4.69) is 20.3 Å². The van der Waals surface area contributed by atoms with Gasteiger partial charge in [0, 0.05) is 0 Å². The molecule has 0 radical (unpaired) electrons. The zero-order valence-electron chi connectivity index (χ0n) is 11.1. The lowest BCUT2D eigenvalue weighted by Crippen LogP contribution is -2.19. The van der Waals surface area contributed by atoms with Crippen LogP contribution in [0.2, 0.25) is 5.02 Å². The molecule has 0 aromatic heterocycles. The molecule has 1 aliphatic heterocycles. The fraction of sp³-hybridized carbons (Fsp3) is 0.250. The summed E-state index contributed by atoms with van der Waals surface area (Å²) in [5.74, 6) is -0.414. The molecule has 1 N–H and O–H groups in total. The number of methoxy groups -OCH3 is 1. The second-order valence-corrected chi connectivity index (χ2v) is 5.44. The molecule has 22 heavy (non-hydrogen) atoms. The highest BCUT2D eigenvalue weighted by Crippen LogP contribution is 2.40. The lowest BCUT2D eigenvalue weighted by Gasteiger charge is -2.13. The molecule has 1 saturated heterocycles. The molecule has 0 unspecified atom stereocenters. The fourth-order valence-corrected chi connectivity index (χ4v) is 2.57. The van der Waals surface area contributed by atoms with Crippen LogP contribution in [0.15, 0.2) is 22.3 Å². The van der Waals surface area contributed by atoms with Gasteiger partial charge in [0.25, 0.3) is 0 Å². The van der Waals surface area contributed by atoms with Gasteiger partial charge in [-0.05, 0) is 17.7 Å². The number of carbonyl (C=O) groups excluding carboxylic acids is 1. The van der Waals surface area contributed by atoms with Crippen LogP contribution in [-0.4, -0.2) is 30.2 Å². The summed E-state index contributed by atoms with van der Waals surface area (Å²) < 4.78 is 43.5. The van der Waals surface area contributed by atoms with E-state index in [1.54, 1.807) is 0 Å². The maximum absolute atomic E-state index is 12.9. The first kappa shape index (κ1) is 16.6. The number of thioether (sulfide) groups is 1. The number of amidine groups is 1. The number of alkyl halides is 3. The van der Waals surface area contributed by atoms with E-state index >= 15 is 0 Å². The van der Waals surface area contributed by atoms with E-state index in [4.69, 9.17) is 11.6 Å². The summed E-state index contributed by atoms with van der Waals surface area (Å²) >= 11 is 6.93. The van der Waals surface area contributed by atoms with Gasteiger partial charge in [0.1, 0.15) is 5.75 Å². The maximum atomic E-state index is 12.9. The van der Waals surface area contributed by atoms with Crippen LogP contribution in [0.4, 0.5) is 13.2 Å². The topological polar surface area (TPSA) is 63.1 Å². The summed E-state index contributed by atoms with van der Waals surface area (Å²) in [6.07, 6.45) is -3.50. The Kier molecular flexibility index (Phi) is 4.97. The average Bonchev–Trinajstić information content (AvgIpc) is 2.83. The average molecular weight is 352 g/mol. The Morgan fingerprint density at radius 2 is 2.18 bits per heavy atom. The predicted molar refractivity (Wildman–Crippen MR) is 78.6 cm³/mol. The first-order valence-corrected chi connectivity index (χ1v) is 7.16. The van der Waals surface area contributed by atoms with Crippen LogP contribution in [0, 0.1) is 0 Å². The van der Waals surface area contributed by atoms with Crippen molar-refractivity contribution in [3.8, 4) is 5.75 Å². The van der Waals surface area contributed by atoms with Gasteiger partial charge < -0.3 is 10.1 Å². The van der Waals surface area contributed by atoms with Crippen LogP contribution in [0.25, 0.3) is 0 Å². The van der Waals surface area contributed by atoms with E-state index in [-0.39, 0.29) is 27.4 Å². The Balaban J connectivity index is 2.29. The summed E-state index contributed by atoms with van der Waals surface area (Å²) in [5.41, 5.74) is -0.892. The molecule has 1 aromatic rings. The largest absolute Gasteiger partial charge is 0.495 e. The standard InChI is InChI=1S/C12H9ClF3N3O2S/c1-21-10-7(12(14,15)16)2-6(3-8(10)13)4-17-19-11-18-9(20)5-22-11/h2-4H,5H2,1H3,(H,18,19,20). The third-order valence-electron chi connectivity index (χ3n) is 2.52. The number of amides is 1. The van der Waals surface area contributed by atoms with Crippen molar-refractivity contribution in [3.63, 3.8) is 0 Å². The molecule has 2 rings (SSSR count). The number of rotatable bonds is 3. The minimum atomic E-state index is -4.61. The second-order valence-electron chi connectivity index (χ2n) is 4.07. The van der Waals surface area contributed by atoms with Gasteiger partial charge in [-0.2, -0.15) is 18.3 Å². The van der Waals surface area contributed by atoms with Crippen molar-refractivity contribution in [2.24, 2.45) is 10.2 Å². The number of nitrogens with one attached hydrogen (secondary N) is 1. The Morgan fingerprint density at radius 3 is 2.73 bits per heavy atom. The predicted octanol–water partition coefficient (Wildman–Crippen LogP) is 2.92. The van der Waals surface area contributed by atoms with Crippen LogP contribution >= 0.6 is 23.4 Å². The monoisotopic (exact) mass is 351 g/mol. The van der Waals surface area contributed by atoms with E-state index in [0.29, 0.717) is 0 Å². The Labute approximate surface area is 132 Å². The number of benzene rings is 1. The van der Waals surface area contributed by atoms with E-state index in [0.717, 1.165) is 31.2 Å². The highest BCUT2D eigenvalue weighted by Gasteiger charge is 2.35. The van der Waals surface area contributed by atoms with Crippen LogP contribution in [0.5, 0.6) is 5.75 Å². The van der Waals surface area contributed by atoms with Crippen LogP contribution in [-0.2, 0) is 11.0 Å². The molecule has 1 heterocycles. The SMILES string of the molecule is COc1c(Cl)cc(C=NN=C2NC(=O)CS2)cc1C(F)(F)F. The van der Waals surface area contributed by atoms with Crippen LogP contribution in [0.3, 0.4) is 0 Å². The van der Waals surface area contributed by atoms with Crippen molar-refractivity contribution in [1.29, 1.82) is 0 Å². The number of ether oxygens (including phenoxy) is 1. The molecule has 5 nitrogen and oxygen atoms in total. The molecular formula is C12H9ClF3N3O2S. The molecule has 0 bridgehead atoms. The van der Waals surface area contributed by atoms with E-state index in [9.17, 15) is 18.0 Å². The van der Waals surface area contributed by atoms with Gasteiger partial charge in [-0.1, -0.05) is 23.4 Å². The van der Waals surface area contributed by atoms with Gasteiger partial charge in [0.15, 0.2) is 5.17 Å². The summed E-state index contributed by atoms with van der Waals surface area (Å²) in [6.45, 7) is 0. The molecular weight excluding hydrogens is 343 g/mol. The van der Waals surface area contributed by atoms with Crippen LogP contribution in [0.1, 0.15) is 11.1 Å². The molecule has 10 heteroatoms. The third kappa shape index (κ3) is 3.92. The van der Waals surface area contributed by atoms with Crippen molar-refractivity contribution >= 4 is 40.7 Å². The number of carbonyl (C=O) groups is 1. The number of nitrogens with zero attached hydrogens (tertiary/aromatic N) is 2. The van der Waals surface area contributed by atoms with Gasteiger partial charge in [-0.15, -0.1) is 5.10 Å². The van der Waals surface area contributed by atoms with Crippen LogP contribution < -0.4 is 10.1 Å². The number of hydrogen-bond donors (Lipinski definition) is 1. The summed E-state index contributed by atoms with van der Waals surface area (Å²) in [7, 11) is 1.11. The smallest absolute Gasteiger partial charge is 0.420 e. The first-order valence-electron chi connectivity index (χ1n) is 5.79. The van der Waals surface area contributed by atoms with Gasteiger partial charge >= 0.3 is 6.18 Å². The van der Waals surface area contributed by atoms with Crippen molar-refractivity contribution in [3.05, 3.63) is 28.3 Å². The van der Waals surface area contributed by atoms with Crippen molar-refractivity contribution in [1.82, 2.24) is 5.32 Å². The van der Waals surface area contributed by atoms with Crippen molar-refractivity contribution < 1.29 is 22.7 Å².